The number of para-hydroxylation sites is 1. The molecule has 0 bridgehead atoms. The van der Waals surface area contributed by atoms with E-state index in [9.17, 15) is 8.42 Å². The fourth-order valence-electron chi connectivity index (χ4n) is 1.95. The number of nitrogens with two attached hydrogens (primary N) is 1. The van der Waals surface area contributed by atoms with Crippen molar-refractivity contribution in [2.75, 3.05) is 10.5 Å². The molecule has 0 amide bonds. The molecule has 0 spiro atoms. The first-order chi connectivity index (χ1) is 9.35. The lowest BCUT2D eigenvalue weighted by atomic mass is 10.2. The van der Waals surface area contributed by atoms with E-state index in [1.54, 1.807) is 36.6 Å². The lowest BCUT2D eigenvalue weighted by Gasteiger charge is -2.11. The van der Waals surface area contributed by atoms with Gasteiger partial charge in [-0.1, -0.05) is 12.1 Å². The topological polar surface area (TPSA) is 90.0 Å². The number of anilines is 2. The third-order valence-electron chi connectivity index (χ3n) is 3.11. The van der Waals surface area contributed by atoms with E-state index in [0.29, 0.717) is 23.7 Å². The number of benzene rings is 1. The number of hydrogen-bond acceptors (Lipinski definition) is 4. The maximum Gasteiger partial charge on any atom is 0.281 e. The predicted molar refractivity (Wildman–Crippen MR) is 79.0 cm³/mol. The summed E-state index contributed by atoms with van der Waals surface area (Å²) in [6, 6.07) is 5.23. The molecule has 0 atom stereocenters. The number of nitrogens with zero attached hydrogens (tertiary/aromatic N) is 2. The summed E-state index contributed by atoms with van der Waals surface area (Å²) in [6.45, 7) is 6.16. The van der Waals surface area contributed by atoms with Gasteiger partial charge >= 0.3 is 0 Å². The Morgan fingerprint density at radius 3 is 2.60 bits per heavy atom. The molecular weight excluding hydrogens is 276 g/mol. The zero-order valence-electron chi connectivity index (χ0n) is 11.7. The van der Waals surface area contributed by atoms with Crippen LogP contribution in [0.4, 0.5) is 11.4 Å². The van der Waals surface area contributed by atoms with Gasteiger partial charge in [-0.3, -0.25) is 4.72 Å². The van der Waals surface area contributed by atoms with Crippen LogP contribution in [0.5, 0.6) is 0 Å². The van der Waals surface area contributed by atoms with E-state index in [0.717, 1.165) is 5.56 Å². The number of hydrogen-bond donors (Lipinski definition) is 2. The third kappa shape index (κ3) is 2.62. The van der Waals surface area contributed by atoms with E-state index in [1.165, 1.54) is 6.20 Å². The number of sulfonamides is 1. The Morgan fingerprint density at radius 2 is 2.05 bits per heavy atom. The molecule has 0 saturated heterocycles. The second kappa shape index (κ2) is 5.16. The van der Waals surface area contributed by atoms with Crippen molar-refractivity contribution in [3.05, 3.63) is 35.8 Å². The number of aryl methyl sites for hydroxylation is 3. The van der Waals surface area contributed by atoms with E-state index in [1.807, 2.05) is 6.92 Å². The first-order valence-electron chi connectivity index (χ1n) is 6.27. The number of nitrogen functional groups attached to an aromatic ring is 1. The second-order valence-electron chi connectivity index (χ2n) is 4.56. The molecule has 7 heteroatoms. The van der Waals surface area contributed by atoms with Crippen molar-refractivity contribution in [3.8, 4) is 0 Å². The molecular formula is C13H18N4O2S. The Hall–Kier alpha value is -2.02. The van der Waals surface area contributed by atoms with E-state index < -0.39 is 10.0 Å². The Labute approximate surface area is 118 Å². The van der Waals surface area contributed by atoms with Gasteiger partial charge in [0, 0.05) is 12.7 Å². The van der Waals surface area contributed by atoms with Crippen LogP contribution >= 0.6 is 0 Å². The molecule has 6 nitrogen and oxygen atoms in total. The second-order valence-corrected chi connectivity index (χ2v) is 6.19. The smallest absolute Gasteiger partial charge is 0.281 e. The number of rotatable bonds is 4. The summed E-state index contributed by atoms with van der Waals surface area (Å²) in [7, 11) is -3.73. The Morgan fingerprint density at radius 1 is 1.35 bits per heavy atom. The Bertz CT molecular complexity index is 715. The standard InChI is InChI=1S/C13H18N4O2S/c1-4-17-8-12(15-10(17)3)20(18,19)16-13-9(2)6-5-7-11(13)14/h5-8,16H,4,14H2,1-3H3. The highest BCUT2D eigenvalue weighted by Crippen LogP contribution is 2.25. The molecule has 0 aliphatic carbocycles. The zero-order valence-corrected chi connectivity index (χ0v) is 12.5. The number of nitrogens with one attached hydrogen (secondary N) is 1. The minimum Gasteiger partial charge on any atom is -0.397 e. The van der Waals surface area contributed by atoms with Crippen molar-refractivity contribution >= 4 is 21.4 Å². The van der Waals surface area contributed by atoms with Crippen LogP contribution in [-0.4, -0.2) is 18.0 Å². The van der Waals surface area contributed by atoms with Gasteiger partial charge in [-0.15, -0.1) is 0 Å². The molecule has 108 valence electrons. The molecule has 2 rings (SSSR count). The van der Waals surface area contributed by atoms with Crippen molar-refractivity contribution in [3.63, 3.8) is 0 Å². The van der Waals surface area contributed by atoms with Crippen molar-refractivity contribution in [1.29, 1.82) is 0 Å². The molecule has 0 aliphatic rings. The first kappa shape index (κ1) is 14.4. The average Bonchev–Trinajstić information content (AvgIpc) is 2.76. The minimum absolute atomic E-state index is 0.000460. The van der Waals surface area contributed by atoms with Gasteiger partial charge in [0.25, 0.3) is 10.0 Å². The van der Waals surface area contributed by atoms with Crippen molar-refractivity contribution < 1.29 is 8.42 Å². The van der Waals surface area contributed by atoms with Crippen molar-refractivity contribution in [1.82, 2.24) is 9.55 Å². The van der Waals surface area contributed by atoms with Gasteiger partial charge in [0.2, 0.25) is 0 Å². The quantitative estimate of drug-likeness (QED) is 0.843. The molecule has 20 heavy (non-hydrogen) atoms. The lowest BCUT2D eigenvalue weighted by Crippen LogP contribution is -2.15. The van der Waals surface area contributed by atoms with Gasteiger partial charge in [-0.25, -0.2) is 4.98 Å². The predicted octanol–water partition coefficient (Wildman–Crippen LogP) is 1.90. The molecule has 0 aliphatic heterocycles. The van der Waals surface area contributed by atoms with Crippen LogP contribution in [0, 0.1) is 13.8 Å². The highest BCUT2D eigenvalue weighted by atomic mass is 32.2. The van der Waals surface area contributed by atoms with Gasteiger partial charge in [-0.2, -0.15) is 8.42 Å². The highest BCUT2D eigenvalue weighted by Gasteiger charge is 2.20. The van der Waals surface area contributed by atoms with E-state index in [-0.39, 0.29) is 5.03 Å². The van der Waals surface area contributed by atoms with Gasteiger partial charge in [0.15, 0.2) is 5.03 Å². The summed E-state index contributed by atoms with van der Waals surface area (Å²) in [5.74, 6) is 0.658. The SMILES string of the molecule is CCn1cc(S(=O)(=O)Nc2c(C)cccc2N)nc1C. The molecule has 2 aromatic rings. The largest absolute Gasteiger partial charge is 0.397 e. The van der Waals surface area contributed by atoms with Crippen molar-refractivity contribution in [2.24, 2.45) is 0 Å². The Kier molecular flexibility index (Phi) is 3.71. The molecule has 1 aromatic carbocycles. The van der Waals surface area contributed by atoms with E-state index in [4.69, 9.17) is 5.73 Å². The Balaban J connectivity index is 2.41. The van der Waals surface area contributed by atoms with Gasteiger partial charge in [0.05, 0.1) is 11.4 Å². The summed E-state index contributed by atoms with van der Waals surface area (Å²) < 4.78 is 29.0. The maximum atomic E-state index is 12.3. The number of aromatic nitrogens is 2. The molecule has 0 saturated carbocycles. The zero-order chi connectivity index (χ0) is 14.9. The lowest BCUT2D eigenvalue weighted by molar-refractivity contribution is 0.598. The first-order valence-corrected chi connectivity index (χ1v) is 7.75. The molecule has 1 heterocycles. The van der Waals surface area contributed by atoms with Crippen LogP contribution in [0.15, 0.2) is 29.4 Å². The monoisotopic (exact) mass is 294 g/mol. The van der Waals surface area contributed by atoms with E-state index in [2.05, 4.69) is 9.71 Å². The van der Waals surface area contributed by atoms with Gasteiger partial charge in [0.1, 0.15) is 5.82 Å². The van der Waals surface area contributed by atoms with Gasteiger partial charge in [-0.05, 0) is 32.4 Å². The van der Waals surface area contributed by atoms with Crippen LogP contribution in [0.3, 0.4) is 0 Å². The fourth-order valence-corrected chi connectivity index (χ4v) is 3.12. The maximum absolute atomic E-state index is 12.3. The summed E-state index contributed by atoms with van der Waals surface area (Å²) >= 11 is 0. The highest BCUT2D eigenvalue weighted by molar-refractivity contribution is 7.92. The normalized spacial score (nSPS) is 11.6. The molecule has 0 unspecified atom stereocenters. The number of imidazole rings is 1. The summed E-state index contributed by atoms with van der Waals surface area (Å²) in [5, 5.41) is -0.000460. The molecule has 1 aromatic heterocycles. The molecule has 0 fully saturated rings. The van der Waals surface area contributed by atoms with Crippen LogP contribution in [-0.2, 0) is 16.6 Å². The van der Waals surface area contributed by atoms with Crippen molar-refractivity contribution in [2.45, 2.75) is 32.3 Å². The minimum atomic E-state index is -3.73. The third-order valence-corrected chi connectivity index (χ3v) is 4.33. The summed E-state index contributed by atoms with van der Waals surface area (Å²) in [4.78, 5) is 4.08. The van der Waals surface area contributed by atoms with Crippen LogP contribution in [0.25, 0.3) is 0 Å². The van der Waals surface area contributed by atoms with E-state index >= 15 is 0 Å². The van der Waals surface area contributed by atoms with Crippen LogP contribution < -0.4 is 10.5 Å². The summed E-state index contributed by atoms with van der Waals surface area (Å²) in [5.41, 5.74) is 7.37. The fraction of sp³-hybridized carbons (Fsp3) is 0.308. The average molecular weight is 294 g/mol. The van der Waals surface area contributed by atoms with Gasteiger partial charge < -0.3 is 10.3 Å². The molecule has 0 radical (unpaired) electrons. The molecule has 3 N–H and O–H groups in total. The van der Waals surface area contributed by atoms with Crippen LogP contribution in [0.2, 0.25) is 0 Å². The van der Waals surface area contributed by atoms with Crippen LogP contribution in [0.1, 0.15) is 18.3 Å². The summed E-state index contributed by atoms with van der Waals surface area (Å²) in [6.07, 6.45) is 1.52.